The molecular formula is C29H30N2O5. The van der Waals surface area contributed by atoms with E-state index in [0.29, 0.717) is 29.3 Å². The monoisotopic (exact) mass is 486 g/mol. The van der Waals surface area contributed by atoms with Gasteiger partial charge in [-0.3, -0.25) is 14.4 Å². The summed E-state index contributed by atoms with van der Waals surface area (Å²) >= 11 is 0. The Morgan fingerprint density at radius 1 is 0.917 bits per heavy atom. The Labute approximate surface area is 210 Å². The Balaban J connectivity index is 1.78. The summed E-state index contributed by atoms with van der Waals surface area (Å²) in [5.41, 5.74) is -0.0103. The maximum absolute atomic E-state index is 13.7. The van der Waals surface area contributed by atoms with Crippen LogP contribution in [0.4, 0.5) is 11.4 Å². The first kappa shape index (κ1) is 25.1. The number of aliphatic hydroxyl groups is 1. The predicted molar refractivity (Wildman–Crippen MR) is 138 cm³/mol. The van der Waals surface area contributed by atoms with Crippen molar-refractivity contribution in [1.29, 1.82) is 0 Å². The van der Waals surface area contributed by atoms with Crippen molar-refractivity contribution in [2.45, 2.75) is 31.8 Å². The standard InChI is InChI=1S/C29H30N2O5/c1-3-36-22-16-10-11-19(17-22)24-25(27(33)30-20-12-6-4-7-13-20)23(32)18-29(2,35)26(24)28(34)31-21-14-8-5-9-15-21/h4-17,24-26,35H,3,18H2,1-2H3,(H,30,33)(H,31,34)/t24-,25+,26+,29-/m1/s1. The minimum atomic E-state index is -1.67. The van der Waals surface area contributed by atoms with Crippen molar-refractivity contribution < 1.29 is 24.2 Å². The molecule has 1 fully saturated rings. The number of hydrogen-bond acceptors (Lipinski definition) is 5. The lowest BCUT2D eigenvalue weighted by atomic mass is 9.61. The Kier molecular flexibility index (Phi) is 7.50. The normalized spacial score (nSPS) is 23.5. The lowest BCUT2D eigenvalue weighted by molar-refractivity contribution is -0.150. The van der Waals surface area contributed by atoms with E-state index in [4.69, 9.17) is 4.74 Å². The first-order valence-corrected chi connectivity index (χ1v) is 12.0. The molecule has 3 aromatic carbocycles. The third-order valence-corrected chi connectivity index (χ3v) is 6.47. The van der Waals surface area contributed by atoms with Crippen molar-refractivity contribution in [2.24, 2.45) is 11.8 Å². The van der Waals surface area contributed by atoms with Crippen LogP contribution in [0.3, 0.4) is 0 Å². The van der Waals surface area contributed by atoms with Crippen LogP contribution in [-0.4, -0.2) is 34.9 Å². The maximum atomic E-state index is 13.7. The largest absolute Gasteiger partial charge is 0.494 e. The molecular weight excluding hydrogens is 456 g/mol. The molecule has 2 amide bonds. The molecule has 0 saturated heterocycles. The summed E-state index contributed by atoms with van der Waals surface area (Å²) < 4.78 is 5.65. The summed E-state index contributed by atoms with van der Waals surface area (Å²) in [5, 5.41) is 17.1. The number of ketones is 1. The van der Waals surface area contributed by atoms with Crippen LogP contribution < -0.4 is 15.4 Å². The lowest BCUT2D eigenvalue weighted by Gasteiger charge is -2.44. The third kappa shape index (κ3) is 5.47. The van der Waals surface area contributed by atoms with Gasteiger partial charge in [-0.25, -0.2) is 0 Å². The molecule has 1 saturated carbocycles. The zero-order chi connectivity index (χ0) is 25.7. The first-order chi connectivity index (χ1) is 17.3. The van der Waals surface area contributed by atoms with Gasteiger partial charge in [-0.2, -0.15) is 0 Å². The van der Waals surface area contributed by atoms with E-state index in [-0.39, 0.29) is 6.42 Å². The van der Waals surface area contributed by atoms with Crippen LogP contribution in [0.25, 0.3) is 0 Å². The van der Waals surface area contributed by atoms with Gasteiger partial charge >= 0.3 is 0 Å². The molecule has 1 aliphatic carbocycles. The summed E-state index contributed by atoms with van der Waals surface area (Å²) in [6.45, 7) is 3.76. The van der Waals surface area contributed by atoms with Gasteiger partial charge in [0.25, 0.3) is 0 Å². The van der Waals surface area contributed by atoms with Crippen LogP contribution in [0.1, 0.15) is 31.7 Å². The summed E-state index contributed by atoms with van der Waals surface area (Å²) in [6, 6.07) is 24.7. The van der Waals surface area contributed by atoms with Gasteiger partial charge in [0.1, 0.15) is 17.5 Å². The summed E-state index contributed by atoms with van der Waals surface area (Å²) in [4.78, 5) is 40.6. The molecule has 186 valence electrons. The van der Waals surface area contributed by atoms with Crippen LogP contribution in [0, 0.1) is 11.8 Å². The van der Waals surface area contributed by atoms with Gasteiger partial charge in [-0.15, -0.1) is 0 Å². The number of anilines is 2. The van der Waals surface area contributed by atoms with Crippen molar-refractivity contribution in [3.8, 4) is 5.75 Å². The van der Waals surface area contributed by atoms with Gasteiger partial charge in [0.2, 0.25) is 11.8 Å². The molecule has 36 heavy (non-hydrogen) atoms. The first-order valence-electron chi connectivity index (χ1n) is 12.0. The van der Waals surface area contributed by atoms with Crippen LogP contribution in [0.15, 0.2) is 84.9 Å². The zero-order valence-corrected chi connectivity index (χ0v) is 20.3. The average molecular weight is 487 g/mol. The number of Topliss-reactive ketones (excluding diaryl/α,β-unsaturated/α-hetero) is 1. The molecule has 0 radical (unpaired) electrons. The van der Waals surface area contributed by atoms with E-state index in [1.54, 1.807) is 72.8 Å². The van der Waals surface area contributed by atoms with Crippen LogP contribution in [0.2, 0.25) is 0 Å². The minimum absolute atomic E-state index is 0.325. The number of para-hydroxylation sites is 2. The Morgan fingerprint density at radius 3 is 2.08 bits per heavy atom. The smallest absolute Gasteiger partial charge is 0.235 e. The molecule has 3 N–H and O–H groups in total. The van der Waals surface area contributed by atoms with Gasteiger partial charge in [0, 0.05) is 23.7 Å². The van der Waals surface area contributed by atoms with E-state index in [1.165, 1.54) is 6.92 Å². The molecule has 0 bridgehead atoms. The quantitative estimate of drug-likeness (QED) is 0.429. The van der Waals surface area contributed by atoms with E-state index in [2.05, 4.69) is 10.6 Å². The molecule has 3 aromatic rings. The Bertz CT molecular complexity index is 1230. The number of hydrogen-bond donors (Lipinski definition) is 3. The second kappa shape index (κ2) is 10.7. The fourth-order valence-corrected chi connectivity index (χ4v) is 4.95. The van der Waals surface area contributed by atoms with Crippen LogP contribution in [0.5, 0.6) is 5.75 Å². The van der Waals surface area contributed by atoms with Crippen molar-refractivity contribution >= 4 is 29.0 Å². The molecule has 1 aliphatic rings. The van der Waals surface area contributed by atoms with E-state index < -0.39 is 41.0 Å². The van der Waals surface area contributed by atoms with Crippen LogP contribution in [-0.2, 0) is 14.4 Å². The minimum Gasteiger partial charge on any atom is -0.494 e. The number of amides is 2. The van der Waals surface area contributed by atoms with E-state index in [1.807, 2.05) is 19.1 Å². The second-order valence-corrected chi connectivity index (χ2v) is 9.20. The molecule has 0 spiro atoms. The van der Waals surface area contributed by atoms with Gasteiger partial charge in [-0.1, -0.05) is 48.5 Å². The highest BCUT2D eigenvalue weighted by Gasteiger charge is 2.56. The molecule has 7 heteroatoms. The molecule has 0 aromatic heterocycles. The topological polar surface area (TPSA) is 105 Å². The number of ether oxygens (including phenoxy) is 1. The van der Waals surface area contributed by atoms with Gasteiger partial charge < -0.3 is 20.5 Å². The number of nitrogens with one attached hydrogen (secondary N) is 2. The second-order valence-electron chi connectivity index (χ2n) is 9.20. The van der Waals surface area contributed by atoms with E-state index in [0.717, 1.165) is 0 Å². The highest BCUT2D eigenvalue weighted by atomic mass is 16.5. The highest BCUT2D eigenvalue weighted by molar-refractivity contribution is 6.10. The zero-order valence-electron chi connectivity index (χ0n) is 20.3. The van der Waals surface area contributed by atoms with Crippen molar-refractivity contribution in [2.75, 3.05) is 17.2 Å². The molecule has 7 nitrogen and oxygen atoms in total. The lowest BCUT2D eigenvalue weighted by Crippen LogP contribution is -2.56. The van der Waals surface area contributed by atoms with Gasteiger partial charge in [0.15, 0.2) is 0 Å². The maximum Gasteiger partial charge on any atom is 0.235 e. The van der Waals surface area contributed by atoms with Gasteiger partial charge in [-0.05, 0) is 55.8 Å². The van der Waals surface area contributed by atoms with Gasteiger partial charge in [0.05, 0.1) is 18.1 Å². The SMILES string of the molecule is CCOc1cccc([C@@H]2[C@@H](C(=O)Nc3ccccc3)C(=O)C[C@@](C)(O)[C@@H]2C(=O)Nc2ccccc2)c1. The average Bonchev–Trinajstić information content (AvgIpc) is 2.84. The van der Waals surface area contributed by atoms with Crippen LogP contribution >= 0.6 is 0 Å². The number of rotatable bonds is 7. The highest BCUT2D eigenvalue weighted by Crippen LogP contribution is 2.47. The van der Waals surface area contributed by atoms with Crippen molar-refractivity contribution in [1.82, 2.24) is 0 Å². The predicted octanol–water partition coefficient (Wildman–Crippen LogP) is 4.40. The fourth-order valence-electron chi connectivity index (χ4n) is 4.95. The number of carbonyl (C=O) groups is 3. The summed E-state index contributed by atoms with van der Waals surface area (Å²) in [5.74, 6) is -4.06. The summed E-state index contributed by atoms with van der Waals surface area (Å²) in [7, 11) is 0. The Hall–Kier alpha value is -3.97. The summed E-state index contributed by atoms with van der Waals surface area (Å²) in [6.07, 6.45) is -0.325. The van der Waals surface area contributed by atoms with Crippen molar-refractivity contribution in [3.63, 3.8) is 0 Å². The van der Waals surface area contributed by atoms with E-state index in [9.17, 15) is 19.5 Å². The fraction of sp³-hybridized carbons (Fsp3) is 0.276. The van der Waals surface area contributed by atoms with E-state index >= 15 is 0 Å². The molecule has 4 atom stereocenters. The number of benzene rings is 3. The Morgan fingerprint density at radius 2 is 1.50 bits per heavy atom. The molecule has 0 unspecified atom stereocenters. The molecule has 0 heterocycles. The third-order valence-electron chi connectivity index (χ3n) is 6.47. The molecule has 0 aliphatic heterocycles. The molecule has 4 rings (SSSR count). The van der Waals surface area contributed by atoms with Crippen molar-refractivity contribution in [3.05, 3.63) is 90.5 Å². The number of carbonyl (C=O) groups excluding carboxylic acids is 3.